The number of hydrogen-bond acceptors (Lipinski definition) is 2. The number of nitrogens with one attached hydrogen (secondary N) is 1. The largest absolute Gasteiger partial charge is 0.371 e. The van der Waals surface area contributed by atoms with Gasteiger partial charge >= 0.3 is 0 Å². The zero-order chi connectivity index (χ0) is 15.2. The molecule has 0 bridgehead atoms. The molecule has 1 atom stereocenters. The Labute approximate surface area is 130 Å². The maximum absolute atomic E-state index is 3.50. The highest BCUT2D eigenvalue weighted by Gasteiger charge is 2.17. The summed E-state index contributed by atoms with van der Waals surface area (Å²) < 4.78 is 0. The first-order valence-corrected chi connectivity index (χ1v) is 8.68. The minimum absolute atomic E-state index is 0.543. The number of rotatable bonds is 5. The fraction of sp³-hybridized carbons (Fsp3) is 0.684. The maximum atomic E-state index is 3.50. The van der Waals surface area contributed by atoms with Crippen molar-refractivity contribution in [1.82, 2.24) is 5.32 Å². The van der Waals surface area contributed by atoms with Gasteiger partial charge in [-0.3, -0.25) is 0 Å². The second kappa shape index (κ2) is 7.84. The standard InChI is InChI=1S/C19H32N2/c1-5-17-7-6-11-21(12-10-17)19-9-8-18(13-16(19)4)14-20-15(2)3/h8-9,13,15,17,20H,5-7,10-12,14H2,1-4H3. The van der Waals surface area contributed by atoms with Crippen molar-refractivity contribution >= 4 is 5.69 Å². The molecule has 0 spiro atoms. The Kier molecular flexibility index (Phi) is 6.10. The van der Waals surface area contributed by atoms with Crippen LogP contribution in [0.15, 0.2) is 18.2 Å². The lowest BCUT2D eigenvalue weighted by Crippen LogP contribution is -2.25. The predicted molar refractivity (Wildman–Crippen MR) is 93.0 cm³/mol. The van der Waals surface area contributed by atoms with Gasteiger partial charge in [-0.1, -0.05) is 39.3 Å². The molecule has 1 aromatic rings. The van der Waals surface area contributed by atoms with Gasteiger partial charge in [-0.25, -0.2) is 0 Å². The molecule has 21 heavy (non-hydrogen) atoms. The van der Waals surface area contributed by atoms with E-state index in [4.69, 9.17) is 0 Å². The predicted octanol–water partition coefficient (Wildman–Crippen LogP) is 4.51. The van der Waals surface area contributed by atoms with Crippen LogP contribution in [-0.4, -0.2) is 19.1 Å². The lowest BCUT2D eigenvalue weighted by atomic mass is 9.98. The lowest BCUT2D eigenvalue weighted by Gasteiger charge is -2.25. The lowest BCUT2D eigenvalue weighted by molar-refractivity contribution is 0.459. The first-order chi connectivity index (χ1) is 10.1. The molecule has 1 fully saturated rings. The van der Waals surface area contributed by atoms with Crippen LogP contribution >= 0.6 is 0 Å². The molecule has 0 amide bonds. The Hall–Kier alpha value is -1.02. The summed E-state index contributed by atoms with van der Waals surface area (Å²) in [7, 11) is 0. The van der Waals surface area contributed by atoms with Crippen LogP contribution in [-0.2, 0) is 6.54 Å². The second-order valence-corrected chi connectivity index (χ2v) is 6.85. The van der Waals surface area contributed by atoms with E-state index in [1.54, 1.807) is 0 Å². The number of benzene rings is 1. The number of aryl methyl sites for hydroxylation is 1. The smallest absolute Gasteiger partial charge is 0.0396 e. The van der Waals surface area contributed by atoms with E-state index in [9.17, 15) is 0 Å². The van der Waals surface area contributed by atoms with Gasteiger partial charge in [-0.05, 0) is 49.3 Å². The van der Waals surface area contributed by atoms with E-state index in [0.717, 1.165) is 12.5 Å². The van der Waals surface area contributed by atoms with Crippen LogP contribution in [0.25, 0.3) is 0 Å². The van der Waals surface area contributed by atoms with E-state index in [2.05, 4.69) is 56.1 Å². The van der Waals surface area contributed by atoms with E-state index in [1.165, 1.54) is 55.6 Å². The van der Waals surface area contributed by atoms with Crippen molar-refractivity contribution in [2.45, 2.75) is 66.0 Å². The molecule has 2 rings (SSSR count). The molecule has 0 aliphatic carbocycles. The highest BCUT2D eigenvalue weighted by atomic mass is 15.1. The molecule has 0 radical (unpaired) electrons. The van der Waals surface area contributed by atoms with Crippen molar-refractivity contribution in [2.75, 3.05) is 18.0 Å². The Balaban J connectivity index is 2.02. The Morgan fingerprint density at radius 2 is 2.05 bits per heavy atom. The molecule has 1 unspecified atom stereocenters. The van der Waals surface area contributed by atoms with Crippen LogP contribution < -0.4 is 10.2 Å². The van der Waals surface area contributed by atoms with Gasteiger partial charge in [0, 0.05) is 31.4 Å². The van der Waals surface area contributed by atoms with E-state index < -0.39 is 0 Å². The van der Waals surface area contributed by atoms with Crippen LogP contribution in [0.1, 0.15) is 57.6 Å². The van der Waals surface area contributed by atoms with Crippen molar-refractivity contribution in [1.29, 1.82) is 0 Å². The molecule has 0 saturated carbocycles. The molecular formula is C19H32N2. The monoisotopic (exact) mass is 288 g/mol. The summed E-state index contributed by atoms with van der Waals surface area (Å²) in [5, 5.41) is 3.50. The molecular weight excluding hydrogens is 256 g/mol. The molecule has 0 aromatic heterocycles. The van der Waals surface area contributed by atoms with Crippen LogP contribution in [0.4, 0.5) is 5.69 Å². The fourth-order valence-corrected chi connectivity index (χ4v) is 3.32. The van der Waals surface area contributed by atoms with E-state index in [-0.39, 0.29) is 0 Å². The topological polar surface area (TPSA) is 15.3 Å². The van der Waals surface area contributed by atoms with Crippen LogP contribution in [0.3, 0.4) is 0 Å². The quantitative estimate of drug-likeness (QED) is 0.857. The average molecular weight is 288 g/mol. The molecule has 1 N–H and O–H groups in total. The summed E-state index contributed by atoms with van der Waals surface area (Å²) in [5.74, 6) is 0.935. The van der Waals surface area contributed by atoms with Crippen molar-refractivity contribution < 1.29 is 0 Å². The SMILES string of the molecule is CCC1CCCN(c2ccc(CNC(C)C)cc2C)CC1. The molecule has 1 aliphatic heterocycles. The highest BCUT2D eigenvalue weighted by molar-refractivity contribution is 5.54. The van der Waals surface area contributed by atoms with Gasteiger partial charge in [0.15, 0.2) is 0 Å². The number of anilines is 1. The van der Waals surface area contributed by atoms with E-state index >= 15 is 0 Å². The van der Waals surface area contributed by atoms with Gasteiger partial charge in [-0.15, -0.1) is 0 Å². The highest BCUT2D eigenvalue weighted by Crippen LogP contribution is 2.27. The van der Waals surface area contributed by atoms with Crippen molar-refractivity contribution in [3.63, 3.8) is 0 Å². The summed E-state index contributed by atoms with van der Waals surface area (Å²) >= 11 is 0. The molecule has 1 aliphatic rings. The van der Waals surface area contributed by atoms with Crippen molar-refractivity contribution in [2.24, 2.45) is 5.92 Å². The van der Waals surface area contributed by atoms with Crippen LogP contribution in [0, 0.1) is 12.8 Å². The molecule has 2 heteroatoms. The number of hydrogen-bond donors (Lipinski definition) is 1. The van der Waals surface area contributed by atoms with Gasteiger partial charge in [0.1, 0.15) is 0 Å². The van der Waals surface area contributed by atoms with E-state index in [0.29, 0.717) is 6.04 Å². The number of nitrogens with zero attached hydrogens (tertiary/aromatic N) is 1. The summed E-state index contributed by atoms with van der Waals surface area (Å²) in [5.41, 5.74) is 4.26. The summed E-state index contributed by atoms with van der Waals surface area (Å²) in [6, 6.07) is 7.52. The third-order valence-corrected chi connectivity index (χ3v) is 4.74. The Morgan fingerprint density at radius 1 is 1.24 bits per heavy atom. The maximum Gasteiger partial charge on any atom is 0.0396 e. The van der Waals surface area contributed by atoms with Crippen molar-refractivity contribution in [3.05, 3.63) is 29.3 Å². The Morgan fingerprint density at radius 3 is 2.71 bits per heavy atom. The third-order valence-electron chi connectivity index (χ3n) is 4.74. The molecule has 2 nitrogen and oxygen atoms in total. The zero-order valence-corrected chi connectivity index (χ0v) is 14.3. The second-order valence-electron chi connectivity index (χ2n) is 6.85. The molecule has 118 valence electrons. The average Bonchev–Trinajstić information content (AvgIpc) is 2.70. The van der Waals surface area contributed by atoms with Gasteiger partial charge in [-0.2, -0.15) is 0 Å². The Bertz CT molecular complexity index is 439. The first kappa shape index (κ1) is 16.4. The molecule has 1 heterocycles. The normalized spacial score (nSPS) is 19.9. The molecule has 1 saturated heterocycles. The minimum Gasteiger partial charge on any atom is -0.371 e. The van der Waals surface area contributed by atoms with Gasteiger partial charge in [0.05, 0.1) is 0 Å². The van der Waals surface area contributed by atoms with Gasteiger partial charge in [0.2, 0.25) is 0 Å². The van der Waals surface area contributed by atoms with E-state index in [1.807, 2.05) is 0 Å². The van der Waals surface area contributed by atoms with Crippen LogP contribution in [0.2, 0.25) is 0 Å². The van der Waals surface area contributed by atoms with Gasteiger partial charge < -0.3 is 10.2 Å². The molecule has 1 aromatic carbocycles. The van der Waals surface area contributed by atoms with Gasteiger partial charge in [0.25, 0.3) is 0 Å². The summed E-state index contributed by atoms with van der Waals surface area (Å²) in [6.45, 7) is 12.4. The van der Waals surface area contributed by atoms with Crippen LogP contribution in [0.5, 0.6) is 0 Å². The third kappa shape index (κ3) is 4.74. The zero-order valence-electron chi connectivity index (χ0n) is 14.3. The first-order valence-electron chi connectivity index (χ1n) is 8.68. The minimum atomic E-state index is 0.543. The summed E-state index contributed by atoms with van der Waals surface area (Å²) in [6.07, 6.45) is 5.44. The summed E-state index contributed by atoms with van der Waals surface area (Å²) in [4.78, 5) is 2.60. The van der Waals surface area contributed by atoms with Crippen molar-refractivity contribution in [3.8, 4) is 0 Å². The fourth-order valence-electron chi connectivity index (χ4n) is 3.32.